The van der Waals surface area contributed by atoms with Crippen LogP contribution < -0.4 is 21.5 Å². The second-order valence-electron chi connectivity index (χ2n) is 7.33. The molecule has 0 radical (unpaired) electrons. The van der Waals surface area contributed by atoms with Crippen molar-refractivity contribution in [2.24, 2.45) is 0 Å². The third-order valence-corrected chi connectivity index (χ3v) is 5.85. The number of hydrogen-bond donors (Lipinski definition) is 3. The van der Waals surface area contributed by atoms with Crippen LogP contribution in [0.4, 0.5) is 17.1 Å². The Bertz CT molecular complexity index is 1110. The minimum atomic E-state index is -0.632. The molecular formula is C21H22ClN3O3S. The molecule has 0 atom stereocenters. The van der Waals surface area contributed by atoms with Crippen LogP contribution in [-0.2, 0) is 5.54 Å². The van der Waals surface area contributed by atoms with Gasteiger partial charge in [-0.25, -0.2) is 0 Å². The minimum Gasteiger partial charge on any atom is -0.505 e. The topological polar surface area (TPSA) is 81.7 Å². The van der Waals surface area contributed by atoms with E-state index in [9.17, 15) is 14.7 Å². The molecule has 0 saturated carbocycles. The largest absolute Gasteiger partial charge is 0.505 e. The summed E-state index contributed by atoms with van der Waals surface area (Å²) in [5.74, 6) is -0.0856. The lowest BCUT2D eigenvalue weighted by molar-refractivity contribution is 0.464. The molecule has 0 aromatic heterocycles. The second kappa shape index (κ2) is 8.10. The van der Waals surface area contributed by atoms with E-state index < -0.39 is 16.4 Å². The molecule has 0 aliphatic heterocycles. The van der Waals surface area contributed by atoms with E-state index in [2.05, 4.69) is 10.6 Å². The molecule has 3 N–H and O–H groups in total. The smallest absolute Gasteiger partial charge is 0.253 e. The van der Waals surface area contributed by atoms with Gasteiger partial charge in [0.1, 0.15) is 11.4 Å². The van der Waals surface area contributed by atoms with Crippen LogP contribution in [-0.4, -0.2) is 23.5 Å². The van der Waals surface area contributed by atoms with E-state index in [1.54, 1.807) is 16.4 Å². The maximum absolute atomic E-state index is 12.2. The summed E-state index contributed by atoms with van der Waals surface area (Å²) in [6, 6.07) is 12.8. The molecule has 0 spiro atoms. The van der Waals surface area contributed by atoms with Gasteiger partial charge in [-0.15, -0.1) is 0 Å². The third kappa shape index (κ3) is 4.27. The number of phenols is 1. The summed E-state index contributed by atoms with van der Waals surface area (Å²) < 4.78 is 1.79. The van der Waals surface area contributed by atoms with Crippen molar-refractivity contribution in [2.75, 3.05) is 24.7 Å². The molecule has 29 heavy (non-hydrogen) atoms. The van der Waals surface area contributed by atoms with Gasteiger partial charge in [0, 0.05) is 0 Å². The number of aromatic hydroxyl groups is 1. The Hall–Kier alpha value is -2.48. The van der Waals surface area contributed by atoms with Gasteiger partial charge >= 0.3 is 0 Å². The van der Waals surface area contributed by atoms with Crippen LogP contribution in [0.15, 0.2) is 56.9 Å². The molecule has 152 valence electrons. The zero-order valence-electron chi connectivity index (χ0n) is 16.5. The molecule has 0 aliphatic rings. The molecular weight excluding hydrogens is 410 g/mol. The lowest BCUT2D eigenvalue weighted by atomic mass is 9.93. The Morgan fingerprint density at radius 3 is 2.24 bits per heavy atom. The highest BCUT2D eigenvalue weighted by molar-refractivity contribution is 7.97. The van der Waals surface area contributed by atoms with Crippen LogP contribution in [0.1, 0.15) is 19.4 Å². The molecule has 3 aromatic rings. The summed E-state index contributed by atoms with van der Waals surface area (Å²) in [5.41, 5.74) is -0.212. The first-order valence-corrected chi connectivity index (χ1v) is 10.1. The van der Waals surface area contributed by atoms with E-state index in [0.29, 0.717) is 15.6 Å². The first kappa shape index (κ1) is 21.2. The maximum Gasteiger partial charge on any atom is 0.253 e. The molecule has 3 rings (SSSR count). The van der Waals surface area contributed by atoms with Crippen molar-refractivity contribution in [3.63, 3.8) is 0 Å². The monoisotopic (exact) mass is 431 g/mol. The van der Waals surface area contributed by atoms with Gasteiger partial charge in [-0.1, -0.05) is 41.9 Å². The van der Waals surface area contributed by atoms with E-state index in [0.717, 1.165) is 5.56 Å². The molecule has 0 heterocycles. The van der Waals surface area contributed by atoms with Crippen LogP contribution in [0.3, 0.4) is 0 Å². The average Bonchev–Trinajstić information content (AvgIpc) is 2.69. The van der Waals surface area contributed by atoms with Crippen LogP contribution in [0.25, 0.3) is 0 Å². The normalized spacial score (nSPS) is 11.8. The Labute approximate surface area is 178 Å². The Kier molecular flexibility index (Phi) is 5.93. The van der Waals surface area contributed by atoms with Gasteiger partial charge in [-0.2, -0.15) is 0 Å². The van der Waals surface area contributed by atoms with Gasteiger partial charge in [0.15, 0.2) is 5.75 Å². The molecule has 0 aliphatic carbocycles. The summed E-state index contributed by atoms with van der Waals surface area (Å²) in [5, 5.41) is 17.1. The molecule has 0 amide bonds. The van der Waals surface area contributed by atoms with Crippen LogP contribution in [0.5, 0.6) is 5.75 Å². The first-order chi connectivity index (χ1) is 13.6. The quantitative estimate of drug-likeness (QED) is 0.292. The standard InChI is InChI=1S/C21H22ClN3O3S/c1-21(2,12-8-6-5-7-9-12)24-16-15(18(27)19(16)28)23-14-11-10-13(22)20(17(14)26)29-25(3)4/h5-11,23-24,26H,1-4H3. The zero-order chi connectivity index (χ0) is 21.3. The SMILES string of the molecule is CN(C)Sc1c(Cl)ccc(Nc2c(NC(C)(C)c3ccccc3)c(=O)c2=O)c1O. The van der Waals surface area contributed by atoms with Crippen molar-refractivity contribution < 1.29 is 5.11 Å². The van der Waals surface area contributed by atoms with Crippen molar-refractivity contribution in [3.8, 4) is 5.75 Å². The van der Waals surface area contributed by atoms with E-state index in [-0.39, 0.29) is 17.1 Å². The molecule has 0 fully saturated rings. The number of phenolic OH excluding ortho intramolecular Hbond substituents is 1. The van der Waals surface area contributed by atoms with Crippen molar-refractivity contribution in [3.05, 3.63) is 73.5 Å². The predicted octanol–water partition coefficient (Wildman–Crippen LogP) is 4.30. The maximum atomic E-state index is 12.2. The second-order valence-corrected chi connectivity index (χ2v) is 9.05. The Morgan fingerprint density at radius 2 is 1.62 bits per heavy atom. The molecule has 0 saturated heterocycles. The fourth-order valence-electron chi connectivity index (χ4n) is 2.92. The Balaban J connectivity index is 1.92. The van der Waals surface area contributed by atoms with Crippen molar-refractivity contribution in [1.82, 2.24) is 4.31 Å². The third-order valence-electron chi connectivity index (χ3n) is 4.46. The van der Waals surface area contributed by atoms with Crippen LogP contribution in [0.2, 0.25) is 5.02 Å². The van der Waals surface area contributed by atoms with Gasteiger partial charge in [0.2, 0.25) is 0 Å². The summed E-state index contributed by atoms with van der Waals surface area (Å²) in [4.78, 5) is 24.9. The molecule has 6 nitrogen and oxygen atoms in total. The fourth-order valence-corrected chi connectivity index (χ4v) is 3.89. The van der Waals surface area contributed by atoms with E-state index in [1.807, 2.05) is 58.3 Å². The first-order valence-electron chi connectivity index (χ1n) is 8.92. The molecule has 0 bridgehead atoms. The van der Waals surface area contributed by atoms with Gasteiger partial charge in [-0.3, -0.25) is 13.9 Å². The fraction of sp³-hybridized carbons (Fsp3) is 0.238. The number of nitrogens with zero attached hydrogens (tertiary/aromatic N) is 1. The van der Waals surface area contributed by atoms with Gasteiger partial charge in [0.05, 0.1) is 21.1 Å². The lowest BCUT2D eigenvalue weighted by Crippen LogP contribution is -2.41. The predicted molar refractivity (Wildman–Crippen MR) is 120 cm³/mol. The van der Waals surface area contributed by atoms with Gasteiger partial charge in [0.25, 0.3) is 10.9 Å². The van der Waals surface area contributed by atoms with Crippen LogP contribution >= 0.6 is 23.5 Å². The highest BCUT2D eigenvalue weighted by Gasteiger charge is 2.29. The van der Waals surface area contributed by atoms with Gasteiger partial charge in [-0.05, 0) is 57.6 Å². The van der Waals surface area contributed by atoms with E-state index in [1.165, 1.54) is 11.9 Å². The number of halogens is 1. The Morgan fingerprint density at radius 1 is 1.00 bits per heavy atom. The van der Waals surface area contributed by atoms with Crippen LogP contribution in [0, 0.1) is 0 Å². The number of nitrogens with one attached hydrogen (secondary N) is 2. The number of rotatable bonds is 7. The highest BCUT2D eigenvalue weighted by Crippen LogP contribution is 2.42. The molecule has 8 heteroatoms. The lowest BCUT2D eigenvalue weighted by Gasteiger charge is -2.30. The van der Waals surface area contributed by atoms with Crippen molar-refractivity contribution in [1.29, 1.82) is 0 Å². The van der Waals surface area contributed by atoms with Crippen molar-refractivity contribution >= 4 is 40.6 Å². The minimum absolute atomic E-state index is 0.0856. The summed E-state index contributed by atoms with van der Waals surface area (Å²) >= 11 is 7.44. The number of hydrogen-bond acceptors (Lipinski definition) is 7. The van der Waals surface area contributed by atoms with Crippen molar-refractivity contribution in [2.45, 2.75) is 24.3 Å². The van der Waals surface area contributed by atoms with E-state index >= 15 is 0 Å². The van der Waals surface area contributed by atoms with Gasteiger partial charge < -0.3 is 15.7 Å². The summed E-state index contributed by atoms with van der Waals surface area (Å²) in [6.07, 6.45) is 0. The van der Waals surface area contributed by atoms with E-state index in [4.69, 9.17) is 11.6 Å². The zero-order valence-corrected chi connectivity index (χ0v) is 18.1. The molecule has 3 aromatic carbocycles. The summed E-state index contributed by atoms with van der Waals surface area (Å²) in [6.45, 7) is 3.85. The average molecular weight is 432 g/mol. The number of benzene rings is 2. The number of anilines is 3. The molecule has 0 unspecified atom stereocenters. The summed E-state index contributed by atoms with van der Waals surface area (Å²) in [7, 11) is 3.65. The highest BCUT2D eigenvalue weighted by atomic mass is 35.5.